The highest BCUT2D eigenvalue weighted by molar-refractivity contribution is 7.91. The lowest BCUT2D eigenvalue weighted by Crippen LogP contribution is -2.69. The SMILES string of the molecule is C=C(C)[C@@H]1CC[C@]2(NC[C@H](CNC(=O)OCC)N3CCS(=O)(=O)CC3)CC[C@]3(C)[C@H](CC[C@@H]4[C@@]5(C)CC[C@H](OC(=O)[C@H]6C[C@@H](C(=O)O)C6(C)C)C(C)(C)[C@@H]5CC[C@]43C)[C@@H]12. The van der Waals surface area contributed by atoms with Crippen molar-refractivity contribution in [2.24, 2.45) is 68.5 Å². The van der Waals surface area contributed by atoms with Crippen LogP contribution in [0.25, 0.3) is 0 Å². The first kappa shape index (κ1) is 44.9. The molecule has 0 bridgehead atoms. The molecule has 0 unspecified atom stereocenters. The number of hydrogen-bond donors (Lipinski definition) is 3. The molecule has 1 heterocycles. The minimum absolute atomic E-state index is 0.0501. The molecule has 1 amide bonds. The fraction of sp³-hybridized carbons (Fsp3) is 0.894. The number of ether oxygens (including phenoxy) is 2. The van der Waals surface area contributed by atoms with Crippen LogP contribution in [0.15, 0.2) is 12.2 Å². The molecule has 0 radical (unpaired) electrons. The highest BCUT2D eigenvalue weighted by atomic mass is 32.2. The topological polar surface area (TPSA) is 151 Å². The number of carboxylic acid groups (broad SMARTS) is 1. The number of carboxylic acids is 1. The fourth-order valence-electron chi connectivity index (χ4n) is 15.7. The maximum absolute atomic E-state index is 13.7. The Bertz CT molecular complexity index is 1770. The molecule has 11 nitrogen and oxygen atoms in total. The van der Waals surface area contributed by atoms with Gasteiger partial charge in [0.15, 0.2) is 9.84 Å². The highest BCUT2D eigenvalue weighted by Crippen LogP contribution is 2.76. The monoisotopic (exact) mass is 844 g/mol. The largest absolute Gasteiger partial charge is 0.481 e. The quantitative estimate of drug-likeness (QED) is 0.141. The molecule has 7 rings (SSSR count). The van der Waals surface area contributed by atoms with Gasteiger partial charge in [-0.1, -0.05) is 60.6 Å². The van der Waals surface area contributed by atoms with Crippen molar-refractivity contribution in [2.75, 3.05) is 44.3 Å². The van der Waals surface area contributed by atoms with Crippen LogP contribution in [0.3, 0.4) is 0 Å². The molecule has 0 aromatic carbocycles. The van der Waals surface area contributed by atoms with Gasteiger partial charge in [-0.15, -0.1) is 0 Å². The molecular formula is C47H77N3O8S. The number of esters is 1. The average Bonchev–Trinajstić information content (AvgIpc) is 3.53. The van der Waals surface area contributed by atoms with Gasteiger partial charge >= 0.3 is 18.0 Å². The van der Waals surface area contributed by atoms with E-state index in [1.807, 2.05) is 13.8 Å². The number of fused-ring (bicyclic) bond motifs is 7. The minimum atomic E-state index is -3.05. The van der Waals surface area contributed by atoms with E-state index in [2.05, 4.69) is 63.7 Å². The number of rotatable bonds is 11. The fourth-order valence-corrected chi connectivity index (χ4v) is 17.0. The molecule has 13 atom stereocenters. The summed E-state index contributed by atoms with van der Waals surface area (Å²) in [5.41, 5.74) is 0.859. The number of amides is 1. The molecule has 6 saturated carbocycles. The molecule has 7 aliphatic rings. The molecule has 0 aromatic rings. The molecule has 3 N–H and O–H groups in total. The molecule has 0 aromatic heterocycles. The van der Waals surface area contributed by atoms with Crippen LogP contribution in [0.1, 0.15) is 133 Å². The normalized spacial score (nSPS) is 43.6. The summed E-state index contributed by atoms with van der Waals surface area (Å²) in [6.07, 6.45) is 10.8. The molecule has 1 saturated heterocycles. The first-order valence-corrected chi connectivity index (χ1v) is 25.0. The van der Waals surface area contributed by atoms with Gasteiger partial charge in [0, 0.05) is 43.2 Å². The van der Waals surface area contributed by atoms with E-state index in [1.165, 1.54) is 18.4 Å². The molecule has 12 heteroatoms. The minimum Gasteiger partial charge on any atom is -0.481 e. The zero-order valence-corrected chi connectivity index (χ0v) is 38.6. The molecular weight excluding hydrogens is 767 g/mol. The van der Waals surface area contributed by atoms with Gasteiger partial charge in [-0.3, -0.25) is 14.5 Å². The number of alkyl carbamates (subject to hydrolysis) is 1. The molecule has 334 valence electrons. The third kappa shape index (κ3) is 7.30. The Balaban J connectivity index is 1.10. The lowest BCUT2D eigenvalue weighted by molar-refractivity contribution is -0.248. The van der Waals surface area contributed by atoms with Crippen LogP contribution in [-0.4, -0.2) is 98.4 Å². The third-order valence-electron chi connectivity index (χ3n) is 19.5. The van der Waals surface area contributed by atoms with Gasteiger partial charge in [-0.2, -0.15) is 0 Å². The van der Waals surface area contributed by atoms with Gasteiger partial charge in [0.1, 0.15) is 6.10 Å². The lowest BCUT2D eigenvalue weighted by Gasteiger charge is -2.73. The van der Waals surface area contributed by atoms with Crippen LogP contribution >= 0.6 is 0 Å². The summed E-state index contributed by atoms with van der Waals surface area (Å²) in [6.45, 7) is 27.3. The number of carbonyl (C=O) groups is 3. The Morgan fingerprint density at radius 2 is 1.53 bits per heavy atom. The summed E-state index contributed by atoms with van der Waals surface area (Å²) in [6, 6.07) is -0.0507. The van der Waals surface area contributed by atoms with Gasteiger partial charge < -0.3 is 25.2 Å². The molecule has 0 spiro atoms. The van der Waals surface area contributed by atoms with Gasteiger partial charge in [0.25, 0.3) is 0 Å². The van der Waals surface area contributed by atoms with Crippen LogP contribution in [0, 0.1) is 68.5 Å². The van der Waals surface area contributed by atoms with E-state index < -0.39 is 33.2 Å². The van der Waals surface area contributed by atoms with E-state index in [4.69, 9.17) is 9.47 Å². The molecule has 59 heavy (non-hydrogen) atoms. The van der Waals surface area contributed by atoms with Crippen molar-refractivity contribution in [3.8, 4) is 0 Å². The van der Waals surface area contributed by atoms with Crippen molar-refractivity contribution in [3.05, 3.63) is 12.2 Å². The third-order valence-corrected chi connectivity index (χ3v) is 21.1. The number of nitrogens with zero attached hydrogens (tertiary/aromatic N) is 1. The number of aliphatic carboxylic acids is 1. The Morgan fingerprint density at radius 1 is 0.831 bits per heavy atom. The second kappa shape index (κ2) is 15.6. The number of carbonyl (C=O) groups excluding carboxylic acids is 2. The van der Waals surface area contributed by atoms with E-state index in [1.54, 1.807) is 6.92 Å². The number of sulfone groups is 1. The lowest BCUT2D eigenvalue weighted by atomic mass is 9.32. The van der Waals surface area contributed by atoms with E-state index >= 15 is 0 Å². The van der Waals surface area contributed by atoms with Crippen molar-refractivity contribution < 1.29 is 37.4 Å². The summed E-state index contributed by atoms with van der Waals surface area (Å²) in [4.78, 5) is 40.2. The standard InChI is InChI=1S/C47H77N3O8S/c1-11-57-41(54)48-27-30(50-22-24-59(55,56)25-23-50)28-49-47-19-14-31(29(2)3)38(47)32-12-13-36-44(8)17-16-37(58-40(53)34-26-33(39(51)52)42(34,4)5)43(6,7)35(44)15-18-46(36,10)45(32,9)20-21-47/h30-38,49H,2,11-28H2,1,3-10H3,(H,48,54)(H,51,52)/t30-,31-,32+,33-,34+,35-,36+,37-,38+,44-,45+,46+,47-/m0/s1. The molecule has 7 fully saturated rings. The zero-order valence-electron chi connectivity index (χ0n) is 37.8. The Labute approximate surface area is 355 Å². The first-order valence-electron chi connectivity index (χ1n) is 23.2. The predicted molar refractivity (Wildman–Crippen MR) is 229 cm³/mol. The smallest absolute Gasteiger partial charge is 0.407 e. The van der Waals surface area contributed by atoms with Crippen LogP contribution < -0.4 is 10.6 Å². The summed E-state index contributed by atoms with van der Waals surface area (Å²) in [5, 5.41) is 16.9. The average molecular weight is 844 g/mol. The maximum atomic E-state index is 13.7. The summed E-state index contributed by atoms with van der Waals surface area (Å²) in [7, 11) is -3.05. The van der Waals surface area contributed by atoms with Crippen LogP contribution in [0.4, 0.5) is 4.79 Å². The first-order chi connectivity index (χ1) is 27.5. The van der Waals surface area contributed by atoms with Crippen LogP contribution in [0.5, 0.6) is 0 Å². The van der Waals surface area contributed by atoms with Crippen LogP contribution in [0.2, 0.25) is 0 Å². The Kier molecular flexibility index (Phi) is 11.8. The second-order valence-corrected chi connectivity index (χ2v) is 24.8. The van der Waals surface area contributed by atoms with Crippen molar-refractivity contribution in [3.63, 3.8) is 0 Å². The van der Waals surface area contributed by atoms with Crippen molar-refractivity contribution in [1.29, 1.82) is 0 Å². The maximum Gasteiger partial charge on any atom is 0.407 e. The van der Waals surface area contributed by atoms with E-state index in [0.29, 0.717) is 68.8 Å². The van der Waals surface area contributed by atoms with Gasteiger partial charge in [0.2, 0.25) is 0 Å². The number of allylic oxidation sites excluding steroid dienone is 1. The van der Waals surface area contributed by atoms with Crippen molar-refractivity contribution >= 4 is 27.9 Å². The van der Waals surface area contributed by atoms with Crippen molar-refractivity contribution in [2.45, 2.75) is 151 Å². The summed E-state index contributed by atoms with van der Waals surface area (Å²) < 4.78 is 36.5. The number of hydrogen-bond acceptors (Lipinski definition) is 9. The van der Waals surface area contributed by atoms with E-state index in [0.717, 1.165) is 51.4 Å². The Morgan fingerprint density at radius 3 is 2.15 bits per heavy atom. The van der Waals surface area contributed by atoms with Gasteiger partial charge in [-0.25, -0.2) is 13.2 Å². The zero-order chi connectivity index (χ0) is 43.1. The summed E-state index contributed by atoms with van der Waals surface area (Å²) >= 11 is 0. The number of nitrogens with one attached hydrogen (secondary N) is 2. The van der Waals surface area contributed by atoms with Gasteiger partial charge in [-0.05, 0) is 136 Å². The van der Waals surface area contributed by atoms with E-state index in [9.17, 15) is 27.9 Å². The predicted octanol–water partition coefficient (Wildman–Crippen LogP) is 7.49. The van der Waals surface area contributed by atoms with Crippen LogP contribution in [-0.2, 0) is 28.9 Å². The Hall–Kier alpha value is -2.18. The summed E-state index contributed by atoms with van der Waals surface area (Å²) in [5.74, 6) is 0.773. The molecule has 1 aliphatic heterocycles. The van der Waals surface area contributed by atoms with Crippen molar-refractivity contribution in [1.82, 2.24) is 15.5 Å². The second-order valence-electron chi connectivity index (χ2n) is 22.5. The van der Waals surface area contributed by atoms with Gasteiger partial charge in [0.05, 0.1) is 29.9 Å². The molecule has 6 aliphatic carbocycles. The van der Waals surface area contributed by atoms with E-state index in [-0.39, 0.29) is 62.7 Å². The highest BCUT2D eigenvalue weighted by Gasteiger charge is 2.71.